The summed E-state index contributed by atoms with van der Waals surface area (Å²) in [6.45, 7) is 0. The van der Waals surface area contributed by atoms with E-state index >= 15 is 0 Å². The third-order valence-electron chi connectivity index (χ3n) is 2.17. The van der Waals surface area contributed by atoms with Gasteiger partial charge in [0.15, 0.2) is 0 Å². The number of nitrogens with zero attached hydrogens (tertiary/aromatic N) is 2. The van der Waals surface area contributed by atoms with E-state index in [4.69, 9.17) is 4.74 Å². The number of methoxy groups -OCH3 is 1. The summed E-state index contributed by atoms with van der Waals surface area (Å²) in [6, 6.07) is 6.74. The van der Waals surface area contributed by atoms with Crippen molar-refractivity contribution >= 4 is 21.7 Å². The molecule has 1 aromatic carbocycles. The highest BCUT2D eigenvalue weighted by atomic mass is 32.2. The summed E-state index contributed by atoms with van der Waals surface area (Å²) in [4.78, 5) is 1.80. The van der Waals surface area contributed by atoms with Gasteiger partial charge in [0.1, 0.15) is 4.90 Å². The minimum atomic E-state index is -3.61. The number of anilines is 1. The van der Waals surface area contributed by atoms with Gasteiger partial charge in [-0.2, -0.15) is 8.42 Å². The van der Waals surface area contributed by atoms with Crippen LogP contribution in [0.2, 0.25) is 0 Å². The van der Waals surface area contributed by atoms with Crippen LogP contribution in [0.4, 0.5) is 5.69 Å². The van der Waals surface area contributed by atoms with Gasteiger partial charge in [0.2, 0.25) is 0 Å². The molecule has 0 N–H and O–H groups in total. The first-order chi connectivity index (χ1) is 7.06. The van der Waals surface area contributed by atoms with Crippen LogP contribution in [0.3, 0.4) is 0 Å². The Labute approximate surface area is 88.0 Å². The molecule has 0 saturated heterocycles. The summed E-state index contributed by atoms with van der Waals surface area (Å²) in [5.41, 5.74) is 0.573. The van der Waals surface area contributed by atoms with Crippen LogP contribution in [0.5, 0.6) is 0 Å². The van der Waals surface area contributed by atoms with Gasteiger partial charge >= 0.3 is 6.02 Å². The highest BCUT2D eigenvalue weighted by Gasteiger charge is 2.28. The molecule has 0 unspecified atom stereocenters. The van der Waals surface area contributed by atoms with Gasteiger partial charge < -0.3 is 4.74 Å². The highest BCUT2D eigenvalue weighted by Crippen LogP contribution is 2.29. The molecule has 0 saturated carbocycles. The number of sulfonamides is 1. The van der Waals surface area contributed by atoms with Gasteiger partial charge in [0.05, 0.1) is 12.8 Å². The Morgan fingerprint density at radius 3 is 2.67 bits per heavy atom. The SMILES string of the molecule is COC1=NS(=O)(=O)c2ccccc2N1C. The van der Waals surface area contributed by atoms with Gasteiger partial charge in [0.25, 0.3) is 10.0 Å². The van der Waals surface area contributed by atoms with Crippen LogP contribution in [-0.2, 0) is 14.8 Å². The summed E-state index contributed by atoms with van der Waals surface area (Å²) in [5, 5.41) is 0. The van der Waals surface area contributed by atoms with E-state index < -0.39 is 10.0 Å². The predicted molar refractivity (Wildman–Crippen MR) is 56.5 cm³/mol. The van der Waals surface area contributed by atoms with Crippen LogP contribution in [0, 0.1) is 0 Å². The number of ether oxygens (including phenoxy) is 1. The first-order valence-electron chi connectivity index (χ1n) is 4.28. The smallest absolute Gasteiger partial charge is 0.307 e. The van der Waals surface area contributed by atoms with E-state index in [1.807, 2.05) is 0 Å². The van der Waals surface area contributed by atoms with E-state index in [1.165, 1.54) is 13.2 Å². The first kappa shape index (κ1) is 9.97. The maximum atomic E-state index is 11.7. The number of benzene rings is 1. The van der Waals surface area contributed by atoms with Crippen molar-refractivity contribution in [2.24, 2.45) is 4.40 Å². The van der Waals surface area contributed by atoms with Crippen molar-refractivity contribution in [3.63, 3.8) is 0 Å². The lowest BCUT2D eigenvalue weighted by molar-refractivity contribution is 0.393. The monoisotopic (exact) mass is 226 g/mol. The Balaban J connectivity index is 2.71. The summed E-state index contributed by atoms with van der Waals surface area (Å²) in [6.07, 6.45) is 0. The average molecular weight is 226 g/mol. The second-order valence-electron chi connectivity index (χ2n) is 3.08. The summed E-state index contributed by atoms with van der Waals surface area (Å²) >= 11 is 0. The fourth-order valence-electron chi connectivity index (χ4n) is 1.44. The van der Waals surface area contributed by atoms with Crippen LogP contribution in [0.25, 0.3) is 0 Å². The van der Waals surface area contributed by atoms with Gasteiger partial charge in [-0.05, 0) is 12.1 Å². The molecule has 1 aliphatic heterocycles. The summed E-state index contributed by atoms with van der Waals surface area (Å²) in [7, 11) is -0.523. The van der Waals surface area contributed by atoms with Crippen molar-refractivity contribution < 1.29 is 13.2 Å². The molecule has 2 rings (SSSR count). The Hall–Kier alpha value is -1.56. The van der Waals surface area contributed by atoms with Crippen molar-refractivity contribution in [3.05, 3.63) is 24.3 Å². The average Bonchev–Trinajstić information content (AvgIpc) is 2.24. The first-order valence-corrected chi connectivity index (χ1v) is 5.72. The fourth-order valence-corrected chi connectivity index (χ4v) is 2.66. The van der Waals surface area contributed by atoms with E-state index in [-0.39, 0.29) is 10.9 Å². The topological polar surface area (TPSA) is 59.0 Å². The number of hydrogen-bond acceptors (Lipinski definition) is 4. The lowest BCUT2D eigenvalue weighted by atomic mass is 10.3. The van der Waals surface area contributed by atoms with Crippen molar-refractivity contribution in [2.75, 3.05) is 19.1 Å². The molecule has 0 bridgehead atoms. The van der Waals surface area contributed by atoms with E-state index in [2.05, 4.69) is 4.40 Å². The molecule has 1 aromatic rings. The molecule has 0 fully saturated rings. The third kappa shape index (κ3) is 1.46. The molecule has 0 aliphatic carbocycles. The second-order valence-corrected chi connectivity index (χ2v) is 4.65. The number of fused-ring (bicyclic) bond motifs is 1. The minimum absolute atomic E-state index is 0.0775. The van der Waals surface area contributed by atoms with Gasteiger partial charge in [-0.3, -0.25) is 4.90 Å². The molecular weight excluding hydrogens is 216 g/mol. The number of rotatable bonds is 0. The molecule has 80 valence electrons. The van der Waals surface area contributed by atoms with Crippen LogP contribution in [-0.4, -0.2) is 28.6 Å². The second kappa shape index (κ2) is 3.23. The zero-order valence-corrected chi connectivity index (χ0v) is 9.15. The fraction of sp³-hybridized carbons (Fsp3) is 0.222. The molecule has 15 heavy (non-hydrogen) atoms. The quantitative estimate of drug-likeness (QED) is 0.657. The van der Waals surface area contributed by atoms with Gasteiger partial charge in [-0.1, -0.05) is 12.1 Å². The molecule has 0 amide bonds. The lowest BCUT2D eigenvalue weighted by Crippen LogP contribution is -2.33. The normalized spacial score (nSPS) is 18.0. The van der Waals surface area contributed by atoms with E-state index in [1.54, 1.807) is 30.1 Å². The molecule has 1 heterocycles. The largest absolute Gasteiger partial charge is 0.467 e. The molecule has 0 radical (unpaired) electrons. The lowest BCUT2D eigenvalue weighted by Gasteiger charge is -2.25. The maximum Gasteiger partial charge on any atom is 0.307 e. The molecule has 6 heteroatoms. The Morgan fingerprint density at radius 1 is 1.33 bits per heavy atom. The number of para-hydroxylation sites is 1. The van der Waals surface area contributed by atoms with Crippen molar-refractivity contribution in [3.8, 4) is 0 Å². The standard InChI is InChI=1S/C9H10N2O3S/c1-11-7-5-3-4-6-8(7)15(12,13)10-9(11)14-2/h3-6H,1-2H3. The van der Waals surface area contributed by atoms with Crippen molar-refractivity contribution in [2.45, 2.75) is 4.90 Å². The van der Waals surface area contributed by atoms with E-state index in [9.17, 15) is 8.42 Å². The number of hydrogen-bond donors (Lipinski definition) is 0. The summed E-state index contributed by atoms with van der Waals surface area (Å²) in [5.74, 6) is 0. The predicted octanol–water partition coefficient (Wildman–Crippen LogP) is 0.828. The molecule has 0 spiro atoms. The molecule has 5 nitrogen and oxygen atoms in total. The van der Waals surface area contributed by atoms with Crippen LogP contribution in [0.15, 0.2) is 33.6 Å². The van der Waals surface area contributed by atoms with E-state index in [0.717, 1.165) is 0 Å². The third-order valence-corrected chi connectivity index (χ3v) is 3.47. The van der Waals surface area contributed by atoms with Crippen molar-refractivity contribution in [1.29, 1.82) is 0 Å². The molecule has 0 atom stereocenters. The van der Waals surface area contributed by atoms with Crippen molar-refractivity contribution in [1.82, 2.24) is 0 Å². The zero-order valence-electron chi connectivity index (χ0n) is 8.34. The Morgan fingerprint density at radius 2 is 2.00 bits per heavy atom. The molecule has 1 aliphatic rings. The van der Waals surface area contributed by atoms with E-state index in [0.29, 0.717) is 5.69 Å². The molecular formula is C9H10N2O3S. The van der Waals surface area contributed by atoms with Crippen LogP contribution < -0.4 is 4.90 Å². The van der Waals surface area contributed by atoms with Gasteiger partial charge in [-0.25, -0.2) is 0 Å². The van der Waals surface area contributed by atoms with Crippen LogP contribution in [0.1, 0.15) is 0 Å². The molecule has 0 aromatic heterocycles. The summed E-state index contributed by atoms with van der Waals surface area (Å²) < 4.78 is 31.8. The zero-order chi connectivity index (χ0) is 11.1. The van der Waals surface area contributed by atoms with Gasteiger partial charge in [0, 0.05) is 7.05 Å². The Bertz CT molecular complexity index is 522. The van der Waals surface area contributed by atoms with Crippen LogP contribution >= 0.6 is 0 Å². The highest BCUT2D eigenvalue weighted by molar-refractivity contribution is 7.90. The Kier molecular flexibility index (Phi) is 2.15. The number of amidine groups is 1. The minimum Gasteiger partial charge on any atom is -0.467 e. The maximum absolute atomic E-state index is 11.7. The van der Waals surface area contributed by atoms with Gasteiger partial charge in [-0.15, -0.1) is 4.40 Å².